The summed E-state index contributed by atoms with van der Waals surface area (Å²) in [7, 11) is 0. The van der Waals surface area contributed by atoms with Crippen LogP contribution >= 0.6 is 0 Å². The van der Waals surface area contributed by atoms with Gasteiger partial charge in [0.2, 0.25) is 5.88 Å². The van der Waals surface area contributed by atoms with Crippen molar-refractivity contribution in [3.8, 4) is 5.88 Å². The molecule has 0 unspecified atom stereocenters. The Balaban J connectivity index is 1.60. The van der Waals surface area contributed by atoms with Crippen LogP contribution in [-0.2, 0) is 0 Å². The number of ether oxygens (including phenoxy) is 1. The molecular formula is C15H14FN5O2. The van der Waals surface area contributed by atoms with E-state index in [0.717, 1.165) is 5.69 Å². The maximum atomic E-state index is 13.3. The van der Waals surface area contributed by atoms with Crippen molar-refractivity contribution in [2.75, 3.05) is 13.2 Å². The Morgan fingerprint density at radius 2 is 2.26 bits per heavy atom. The van der Waals surface area contributed by atoms with Crippen LogP contribution in [0.2, 0.25) is 0 Å². The lowest BCUT2D eigenvalue weighted by atomic mass is 10.4. The maximum absolute atomic E-state index is 13.3. The monoisotopic (exact) mass is 315 g/mol. The first-order chi connectivity index (χ1) is 11.1. The van der Waals surface area contributed by atoms with Crippen LogP contribution in [0.1, 0.15) is 16.2 Å². The van der Waals surface area contributed by atoms with E-state index in [0.29, 0.717) is 5.65 Å². The third-order valence-corrected chi connectivity index (χ3v) is 3.06. The lowest BCUT2D eigenvalue weighted by Gasteiger charge is -2.07. The molecule has 3 heterocycles. The van der Waals surface area contributed by atoms with Gasteiger partial charge in [-0.25, -0.2) is 19.3 Å². The number of halogens is 1. The minimum Gasteiger partial charge on any atom is -0.474 e. The summed E-state index contributed by atoms with van der Waals surface area (Å²) >= 11 is 0. The Bertz CT molecular complexity index is 849. The molecule has 0 radical (unpaired) electrons. The second-order valence-electron chi connectivity index (χ2n) is 4.78. The first-order valence-electron chi connectivity index (χ1n) is 6.97. The normalized spacial score (nSPS) is 10.7. The minimum absolute atomic E-state index is 0.0918. The van der Waals surface area contributed by atoms with Gasteiger partial charge in [0.1, 0.15) is 6.61 Å². The molecular weight excluding hydrogens is 301 g/mol. The molecule has 3 aromatic rings. The van der Waals surface area contributed by atoms with E-state index in [1.54, 1.807) is 16.8 Å². The summed E-state index contributed by atoms with van der Waals surface area (Å²) in [6.45, 7) is 2.12. The number of fused-ring (bicyclic) bond motifs is 1. The lowest BCUT2D eigenvalue weighted by Crippen LogP contribution is -2.29. The van der Waals surface area contributed by atoms with Crippen molar-refractivity contribution >= 4 is 11.6 Å². The standard InChI is InChI=1S/C15H14FN5O2/c1-10-9-21-7-5-17-12(13(21)20-10)14(22)18-6-8-23-15-11(16)3-2-4-19-15/h2-5,7,9H,6,8H2,1H3,(H,18,22). The van der Waals surface area contributed by atoms with Crippen molar-refractivity contribution in [2.24, 2.45) is 0 Å². The largest absolute Gasteiger partial charge is 0.474 e. The molecule has 0 aromatic carbocycles. The van der Waals surface area contributed by atoms with Crippen LogP contribution in [0.15, 0.2) is 36.9 Å². The van der Waals surface area contributed by atoms with E-state index in [9.17, 15) is 9.18 Å². The van der Waals surface area contributed by atoms with E-state index in [1.807, 2.05) is 6.92 Å². The van der Waals surface area contributed by atoms with Gasteiger partial charge in [-0.2, -0.15) is 0 Å². The molecule has 1 amide bonds. The highest BCUT2D eigenvalue weighted by Gasteiger charge is 2.13. The maximum Gasteiger partial charge on any atom is 0.273 e. The summed E-state index contributed by atoms with van der Waals surface area (Å²) < 4.78 is 20.2. The summed E-state index contributed by atoms with van der Waals surface area (Å²) in [6, 6.07) is 2.73. The molecule has 3 rings (SSSR count). The van der Waals surface area contributed by atoms with E-state index < -0.39 is 5.82 Å². The molecule has 0 aliphatic rings. The zero-order valence-electron chi connectivity index (χ0n) is 12.4. The SMILES string of the molecule is Cc1cn2ccnc(C(=O)NCCOc3ncccc3F)c2n1. The van der Waals surface area contributed by atoms with Crippen LogP contribution in [0.25, 0.3) is 5.65 Å². The number of nitrogens with zero attached hydrogens (tertiary/aromatic N) is 4. The van der Waals surface area contributed by atoms with Gasteiger partial charge >= 0.3 is 0 Å². The van der Waals surface area contributed by atoms with E-state index in [1.165, 1.54) is 24.5 Å². The number of hydrogen-bond donors (Lipinski definition) is 1. The molecule has 23 heavy (non-hydrogen) atoms. The number of aromatic nitrogens is 4. The summed E-state index contributed by atoms with van der Waals surface area (Å²) in [5, 5.41) is 2.66. The molecule has 0 atom stereocenters. The summed E-state index contributed by atoms with van der Waals surface area (Å²) in [5.41, 5.74) is 1.50. The van der Waals surface area contributed by atoms with Crippen molar-refractivity contribution in [3.05, 3.63) is 54.1 Å². The number of rotatable bonds is 5. The smallest absolute Gasteiger partial charge is 0.273 e. The quantitative estimate of drug-likeness (QED) is 0.719. The Labute approximate surface area is 131 Å². The zero-order chi connectivity index (χ0) is 16.2. The molecule has 118 valence electrons. The third kappa shape index (κ3) is 3.25. The Kier molecular flexibility index (Phi) is 4.13. The molecule has 0 spiro atoms. The van der Waals surface area contributed by atoms with Gasteiger partial charge in [0.15, 0.2) is 17.2 Å². The number of amides is 1. The Morgan fingerprint density at radius 1 is 1.39 bits per heavy atom. The number of imidazole rings is 1. The van der Waals surface area contributed by atoms with Crippen LogP contribution in [0.5, 0.6) is 5.88 Å². The van der Waals surface area contributed by atoms with E-state index in [-0.39, 0.29) is 30.6 Å². The fraction of sp³-hybridized carbons (Fsp3) is 0.200. The minimum atomic E-state index is -0.543. The van der Waals surface area contributed by atoms with Gasteiger partial charge in [-0.05, 0) is 19.1 Å². The highest BCUT2D eigenvalue weighted by molar-refractivity contribution is 5.97. The Hall–Kier alpha value is -3.03. The number of hydrogen-bond acceptors (Lipinski definition) is 5. The highest BCUT2D eigenvalue weighted by atomic mass is 19.1. The van der Waals surface area contributed by atoms with Crippen LogP contribution in [0.3, 0.4) is 0 Å². The number of nitrogens with one attached hydrogen (secondary N) is 1. The molecule has 0 aliphatic heterocycles. The van der Waals surface area contributed by atoms with Gasteiger partial charge in [0.25, 0.3) is 5.91 Å². The molecule has 7 nitrogen and oxygen atoms in total. The van der Waals surface area contributed by atoms with Crippen LogP contribution < -0.4 is 10.1 Å². The zero-order valence-corrected chi connectivity index (χ0v) is 12.4. The predicted octanol–water partition coefficient (Wildman–Crippen LogP) is 1.38. The van der Waals surface area contributed by atoms with Crippen molar-refractivity contribution in [1.82, 2.24) is 24.7 Å². The molecule has 0 bridgehead atoms. The lowest BCUT2D eigenvalue weighted by molar-refractivity contribution is 0.0942. The Morgan fingerprint density at radius 3 is 3.09 bits per heavy atom. The predicted molar refractivity (Wildman–Crippen MR) is 79.7 cm³/mol. The second-order valence-corrected chi connectivity index (χ2v) is 4.78. The van der Waals surface area contributed by atoms with Gasteiger partial charge < -0.3 is 14.5 Å². The van der Waals surface area contributed by atoms with Crippen molar-refractivity contribution in [2.45, 2.75) is 6.92 Å². The van der Waals surface area contributed by atoms with Gasteiger partial charge in [-0.15, -0.1) is 0 Å². The first-order valence-corrected chi connectivity index (χ1v) is 6.97. The fourth-order valence-corrected chi connectivity index (χ4v) is 2.08. The molecule has 1 N–H and O–H groups in total. The van der Waals surface area contributed by atoms with Crippen LogP contribution in [-0.4, -0.2) is 38.4 Å². The number of aryl methyl sites for hydroxylation is 1. The number of carbonyl (C=O) groups is 1. The van der Waals surface area contributed by atoms with Crippen LogP contribution in [0.4, 0.5) is 4.39 Å². The molecule has 0 aliphatic carbocycles. The molecule has 0 saturated carbocycles. The molecule has 0 fully saturated rings. The van der Waals surface area contributed by atoms with E-state index >= 15 is 0 Å². The van der Waals surface area contributed by atoms with E-state index in [4.69, 9.17) is 4.74 Å². The van der Waals surface area contributed by atoms with Crippen molar-refractivity contribution in [1.29, 1.82) is 0 Å². The molecule has 8 heteroatoms. The van der Waals surface area contributed by atoms with Crippen molar-refractivity contribution in [3.63, 3.8) is 0 Å². The first kappa shape index (κ1) is 14.9. The van der Waals surface area contributed by atoms with Gasteiger partial charge in [-0.1, -0.05) is 0 Å². The number of pyridine rings is 1. The highest BCUT2D eigenvalue weighted by Crippen LogP contribution is 2.11. The fourth-order valence-electron chi connectivity index (χ4n) is 2.08. The van der Waals surface area contributed by atoms with Gasteiger partial charge in [0.05, 0.1) is 12.2 Å². The van der Waals surface area contributed by atoms with Crippen LogP contribution in [0, 0.1) is 12.7 Å². The number of carbonyl (C=O) groups excluding carboxylic acids is 1. The van der Waals surface area contributed by atoms with Crippen molar-refractivity contribution < 1.29 is 13.9 Å². The van der Waals surface area contributed by atoms with E-state index in [2.05, 4.69) is 20.3 Å². The second kappa shape index (κ2) is 6.39. The van der Waals surface area contributed by atoms with Gasteiger partial charge in [0, 0.05) is 24.8 Å². The molecule has 3 aromatic heterocycles. The molecule has 0 saturated heterocycles. The average molecular weight is 315 g/mol. The average Bonchev–Trinajstić information content (AvgIpc) is 2.92. The van der Waals surface area contributed by atoms with Gasteiger partial charge in [-0.3, -0.25) is 4.79 Å². The summed E-state index contributed by atoms with van der Waals surface area (Å²) in [5.74, 6) is -1.00. The summed E-state index contributed by atoms with van der Waals surface area (Å²) in [6.07, 6.45) is 6.49. The topological polar surface area (TPSA) is 81.4 Å². The third-order valence-electron chi connectivity index (χ3n) is 3.06. The summed E-state index contributed by atoms with van der Waals surface area (Å²) in [4.78, 5) is 24.3.